The van der Waals surface area contributed by atoms with Crippen LogP contribution in [0.4, 0.5) is 0 Å². The number of allylic oxidation sites excluding steroid dienone is 1. The average Bonchev–Trinajstić information content (AvgIpc) is 2.36. The number of carboxylic acid groups (broad SMARTS) is 1. The van der Waals surface area contributed by atoms with Gasteiger partial charge in [-0.25, -0.2) is 0 Å². The molecule has 0 spiro atoms. The normalized spacial score (nSPS) is 17.4. The molecule has 98 valence electrons. The molecule has 0 radical (unpaired) electrons. The molecule has 3 atom stereocenters. The summed E-state index contributed by atoms with van der Waals surface area (Å²) in [6, 6.07) is 8.14. The van der Waals surface area contributed by atoms with Gasteiger partial charge in [-0.05, 0) is 18.1 Å². The van der Waals surface area contributed by atoms with E-state index in [0.29, 0.717) is 0 Å². The molecule has 1 rings (SSSR count). The van der Waals surface area contributed by atoms with Gasteiger partial charge in [0, 0.05) is 11.5 Å². The lowest BCUT2D eigenvalue weighted by Gasteiger charge is -2.20. The van der Waals surface area contributed by atoms with Crippen molar-refractivity contribution >= 4 is 18.6 Å². The SMILES string of the molecule is C=CC(C)C(CP(=O)(O)c1ccccc1)C(=O)O. The lowest BCUT2D eigenvalue weighted by molar-refractivity contribution is -0.142. The minimum absolute atomic E-state index is 0.278. The zero-order valence-corrected chi connectivity index (χ0v) is 11.1. The van der Waals surface area contributed by atoms with Crippen molar-refractivity contribution in [2.24, 2.45) is 11.8 Å². The van der Waals surface area contributed by atoms with Gasteiger partial charge >= 0.3 is 5.97 Å². The van der Waals surface area contributed by atoms with E-state index in [1.54, 1.807) is 25.1 Å². The number of carboxylic acids is 1. The van der Waals surface area contributed by atoms with E-state index in [-0.39, 0.29) is 17.4 Å². The molecule has 0 aliphatic carbocycles. The Balaban J connectivity index is 2.97. The molecule has 0 saturated heterocycles. The Kier molecular flexibility index (Phi) is 4.88. The largest absolute Gasteiger partial charge is 0.481 e. The summed E-state index contributed by atoms with van der Waals surface area (Å²) in [5.41, 5.74) is 0. The van der Waals surface area contributed by atoms with Crippen molar-refractivity contribution in [3.8, 4) is 0 Å². The van der Waals surface area contributed by atoms with Crippen molar-refractivity contribution in [2.45, 2.75) is 6.92 Å². The summed E-state index contributed by atoms with van der Waals surface area (Å²) in [7, 11) is -3.65. The molecule has 0 aliphatic heterocycles. The highest BCUT2D eigenvalue weighted by molar-refractivity contribution is 7.66. The van der Waals surface area contributed by atoms with E-state index in [0.717, 1.165) is 0 Å². The Morgan fingerprint density at radius 1 is 1.44 bits per heavy atom. The third kappa shape index (κ3) is 3.56. The average molecular weight is 268 g/mol. The van der Waals surface area contributed by atoms with Gasteiger partial charge in [0.05, 0.1) is 5.92 Å². The Morgan fingerprint density at radius 2 is 2.00 bits per heavy atom. The van der Waals surface area contributed by atoms with Gasteiger partial charge in [-0.3, -0.25) is 9.36 Å². The van der Waals surface area contributed by atoms with Gasteiger partial charge in [-0.1, -0.05) is 31.2 Å². The molecular formula is C13H17O4P. The van der Waals surface area contributed by atoms with Crippen LogP contribution in [-0.2, 0) is 9.36 Å². The molecule has 1 aromatic carbocycles. The first-order valence-electron chi connectivity index (χ1n) is 5.61. The van der Waals surface area contributed by atoms with Crippen LogP contribution in [0, 0.1) is 11.8 Å². The minimum atomic E-state index is -3.65. The maximum Gasteiger partial charge on any atom is 0.307 e. The van der Waals surface area contributed by atoms with Crippen molar-refractivity contribution in [2.75, 3.05) is 6.16 Å². The van der Waals surface area contributed by atoms with Crippen LogP contribution < -0.4 is 5.30 Å². The fourth-order valence-electron chi connectivity index (χ4n) is 1.67. The summed E-state index contributed by atoms with van der Waals surface area (Å²) in [6.45, 7) is 5.21. The number of hydrogen-bond donors (Lipinski definition) is 2. The quantitative estimate of drug-likeness (QED) is 0.612. The van der Waals surface area contributed by atoms with Crippen LogP contribution in [0.2, 0.25) is 0 Å². The minimum Gasteiger partial charge on any atom is -0.481 e. The summed E-state index contributed by atoms with van der Waals surface area (Å²) in [4.78, 5) is 21.1. The number of carbonyl (C=O) groups is 1. The van der Waals surface area contributed by atoms with Gasteiger partial charge in [-0.2, -0.15) is 0 Å². The molecule has 0 bridgehead atoms. The molecule has 0 fully saturated rings. The predicted molar refractivity (Wildman–Crippen MR) is 71.3 cm³/mol. The lowest BCUT2D eigenvalue weighted by atomic mass is 9.96. The van der Waals surface area contributed by atoms with Crippen LogP contribution in [0.5, 0.6) is 0 Å². The Bertz CT molecular complexity index is 469. The van der Waals surface area contributed by atoms with Crippen molar-refractivity contribution < 1.29 is 19.4 Å². The molecule has 18 heavy (non-hydrogen) atoms. The van der Waals surface area contributed by atoms with Crippen LogP contribution in [0.3, 0.4) is 0 Å². The van der Waals surface area contributed by atoms with Crippen molar-refractivity contribution in [3.05, 3.63) is 43.0 Å². The van der Waals surface area contributed by atoms with Crippen molar-refractivity contribution in [1.82, 2.24) is 0 Å². The smallest absolute Gasteiger partial charge is 0.307 e. The molecule has 3 unspecified atom stereocenters. The Hall–Kier alpha value is -1.38. The number of benzene rings is 1. The molecule has 0 aliphatic rings. The van der Waals surface area contributed by atoms with Gasteiger partial charge in [0.15, 0.2) is 0 Å². The molecule has 1 aromatic rings. The fourth-order valence-corrected chi connectivity index (χ4v) is 3.54. The van der Waals surface area contributed by atoms with E-state index >= 15 is 0 Å². The summed E-state index contributed by atoms with van der Waals surface area (Å²) in [6.07, 6.45) is 1.21. The molecule has 0 heterocycles. The van der Waals surface area contributed by atoms with Crippen molar-refractivity contribution in [1.29, 1.82) is 0 Å². The molecule has 0 saturated carbocycles. The highest BCUT2D eigenvalue weighted by Gasteiger charge is 2.32. The monoisotopic (exact) mass is 268 g/mol. The number of aliphatic carboxylic acids is 1. The number of rotatable bonds is 6. The molecule has 4 nitrogen and oxygen atoms in total. The predicted octanol–water partition coefficient (Wildman–Crippen LogP) is 2.11. The first kappa shape index (κ1) is 14.7. The van der Waals surface area contributed by atoms with E-state index in [9.17, 15) is 14.3 Å². The Morgan fingerprint density at radius 3 is 2.44 bits per heavy atom. The first-order chi connectivity index (χ1) is 8.38. The Labute approximate surface area is 106 Å². The summed E-state index contributed by atoms with van der Waals surface area (Å²) < 4.78 is 12.2. The zero-order valence-electron chi connectivity index (χ0n) is 10.2. The maximum absolute atomic E-state index is 12.2. The van der Waals surface area contributed by atoms with E-state index in [1.165, 1.54) is 18.2 Å². The second-order valence-electron chi connectivity index (χ2n) is 4.26. The van der Waals surface area contributed by atoms with Crippen LogP contribution in [0.25, 0.3) is 0 Å². The third-order valence-electron chi connectivity index (χ3n) is 2.93. The third-order valence-corrected chi connectivity index (χ3v) is 4.92. The van der Waals surface area contributed by atoms with E-state index in [4.69, 9.17) is 5.11 Å². The molecule has 2 N–H and O–H groups in total. The molecule has 0 amide bonds. The molecule has 5 heteroatoms. The number of hydrogen-bond acceptors (Lipinski definition) is 2. The van der Waals surface area contributed by atoms with Gasteiger partial charge in [0.25, 0.3) is 0 Å². The summed E-state index contributed by atoms with van der Waals surface area (Å²) in [5, 5.41) is 9.39. The molecular weight excluding hydrogens is 251 g/mol. The highest BCUT2D eigenvalue weighted by atomic mass is 31.2. The second-order valence-corrected chi connectivity index (χ2v) is 6.54. The lowest BCUT2D eigenvalue weighted by Crippen LogP contribution is -2.26. The van der Waals surface area contributed by atoms with Gasteiger partial charge in [0.2, 0.25) is 7.37 Å². The van der Waals surface area contributed by atoms with Gasteiger partial charge in [0.1, 0.15) is 0 Å². The van der Waals surface area contributed by atoms with E-state index in [1.807, 2.05) is 0 Å². The maximum atomic E-state index is 12.2. The topological polar surface area (TPSA) is 74.6 Å². The van der Waals surface area contributed by atoms with Gasteiger partial charge < -0.3 is 10.00 Å². The van der Waals surface area contributed by atoms with Crippen LogP contribution >= 0.6 is 7.37 Å². The molecule has 0 aromatic heterocycles. The van der Waals surface area contributed by atoms with E-state index in [2.05, 4.69) is 6.58 Å². The van der Waals surface area contributed by atoms with Crippen molar-refractivity contribution in [3.63, 3.8) is 0 Å². The second kappa shape index (κ2) is 5.98. The van der Waals surface area contributed by atoms with Crippen LogP contribution in [-0.4, -0.2) is 22.1 Å². The van der Waals surface area contributed by atoms with Crippen LogP contribution in [0.1, 0.15) is 6.92 Å². The summed E-state index contributed by atoms with van der Waals surface area (Å²) >= 11 is 0. The van der Waals surface area contributed by atoms with Gasteiger partial charge in [-0.15, -0.1) is 6.58 Å². The van der Waals surface area contributed by atoms with Crippen LogP contribution in [0.15, 0.2) is 43.0 Å². The van der Waals surface area contributed by atoms with E-state index < -0.39 is 19.3 Å². The zero-order chi connectivity index (χ0) is 13.8. The fraction of sp³-hybridized carbons (Fsp3) is 0.308. The first-order valence-corrected chi connectivity index (χ1v) is 7.45. The standard InChI is InChI=1S/C13H17O4P/c1-3-10(2)12(13(14)15)9-18(16,17)11-7-5-4-6-8-11/h3-8,10,12H,1,9H2,2H3,(H,14,15)(H,16,17). The highest BCUT2D eigenvalue weighted by Crippen LogP contribution is 2.42. The summed E-state index contributed by atoms with van der Waals surface area (Å²) in [5.74, 6) is -2.34.